The molecule has 0 spiro atoms. The molecule has 0 fully saturated rings. The Morgan fingerprint density at radius 1 is 1.06 bits per heavy atom. The number of hydrogen-bond donors (Lipinski definition) is 2. The van der Waals surface area contributed by atoms with E-state index in [-0.39, 0.29) is 6.42 Å². The maximum Gasteiger partial charge on any atom is 0.414 e. The molecule has 31 heavy (non-hydrogen) atoms. The van der Waals surface area contributed by atoms with Gasteiger partial charge in [0, 0.05) is 38.7 Å². The van der Waals surface area contributed by atoms with Gasteiger partial charge in [-0.05, 0) is 23.3 Å². The molecular weight excluding hydrogens is 396 g/mol. The highest BCUT2D eigenvalue weighted by Crippen LogP contribution is 2.19. The fourth-order valence-corrected chi connectivity index (χ4v) is 2.92. The summed E-state index contributed by atoms with van der Waals surface area (Å²) in [6, 6.07) is 15.7. The average Bonchev–Trinajstić information content (AvgIpc) is 2.76. The zero-order valence-corrected chi connectivity index (χ0v) is 17.4. The first-order chi connectivity index (χ1) is 14.9. The molecule has 0 saturated heterocycles. The number of nitrogens with zero attached hydrogens (tertiary/aromatic N) is 3. The Morgan fingerprint density at radius 3 is 2.42 bits per heavy atom. The smallest absolute Gasteiger partial charge is 0.414 e. The van der Waals surface area contributed by atoms with Crippen molar-refractivity contribution in [2.24, 2.45) is 0 Å². The maximum absolute atomic E-state index is 11.9. The summed E-state index contributed by atoms with van der Waals surface area (Å²) in [5.74, 6) is -0.113. The molecule has 160 valence electrons. The van der Waals surface area contributed by atoms with E-state index in [1.54, 1.807) is 44.6 Å². The first-order valence-electron chi connectivity index (χ1n) is 9.72. The van der Waals surface area contributed by atoms with Gasteiger partial charge in [-0.2, -0.15) is 0 Å². The lowest BCUT2D eigenvalue weighted by molar-refractivity contribution is -0.137. The van der Waals surface area contributed by atoms with Crippen LogP contribution in [0.4, 0.5) is 10.6 Å². The van der Waals surface area contributed by atoms with Gasteiger partial charge in [-0.3, -0.25) is 0 Å². The molecular formula is C23H24N4O4. The van der Waals surface area contributed by atoms with Crippen molar-refractivity contribution < 1.29 is 19.4 Å². The van der Waals surface area contributed by atoms with Crippen molar-refractivity contribution in [3.63, 3.8) is 0 Å². The fraction of sp³-hybridized carbons (Fsp3) is 0.217. The van der Waals surface area contributed by atoms with E-state index in [2.05, 4.69) is 15.3 Å². The van der Waals surface area contributed by atoms with Gasteiger partial charge in [0.15, 0.2) is 0 Å². The van der Waals surface area contributed by atoms with Gasteiger partial charge in [-0.25, -0.2) is 19.6 Å². The summed E-state index contributed by atoms with van der Waals surface area (Å²) in [6.45, 7) is 0. The summed E-state index contributed by atoms with van der Waals surface area (Å²) in [4.78, 5) is 33.2. The number of amides is 1. The van der Waals surface area contributed by atoms with Gasteiger partial charge in [-0.1, -0.05) is 42.5 Å². The molecule has 0 aliphatic heterocycles. The van der Waals surface area contributed by atoms with E-state index < -0.39 is 18.1 Å². The second kappa shape index (κ2) is 10.2. The summed E-state index contributed by atoms with van der Waals surface area (Å²) in [7, 11) is 3.19. The minimum absolute atomic E-state index is 0.228. The molecule has 3 rings (SSSR count). The van der Waals surface area contributed by atoms with Crippen LogP contribution < -0.4 is 10.1 Å². The van der Waals surface area contributed by atoms with Crippen LogP contribution in [0.1, 0.15) is 16.7 Å². The molecule has 0 unspecified atom stereocenters. The zero-order chi connectivity index (χ0) is 22.2. The monoisotopic (exact) mass is 420 g/mol. The van der Waals surface area contributed by atoms with Crippen LogP contribution in [0.3, 0.4) is 0 Å². The first kappa shape index (κ1) is 21.8. The van der Waals surface area contributed by atoms with E-state index in [4.69, 9.17) is 4.74 Å². The number of benzene rings is 2. The highest BCUT2D eigenvalue weighted by Gasteiger charge is 2.20. The van der Waals surface area contributed by atoms with Crippen molar-refractivity contribution in [3.05, 3.63) is 83.8 Å². The standard InChI is InChI=1S/C23H24N4O4/c1-27(2)23(30)31-19-10-8-17(9-11-19)13-20(22(28)29)26-21-18(14-24-15-25-21)12-16-6-4-3-5-7-16/h3-11,14-15,20H,12-13H2,1-2H3,(H,28,29)(H,24,25,26)/t20-/m0/s1. The maximum atomic E-state index is 11.9. The van der Waals surface area contributed by atoms with Crippen molar-refractivity contribution in [1.82, 2.24) is 14.9 Å². The van der Waals surface area contributed by atoms with Crippen LogP contribution in [0, 0.1) is 0 Å². The lowest BCUT2D eigenvalue weighted by Gasteiger charge is -2.18. The van der Waals surface area contributed by atoms with Crippen LogP contribution in [0.25, 0.3) is 0 Å². The molecule has 0 bridgehead atoms. The Morgan fingerprint density at radius 2 is 1.77 bits per heavy atom. The number of carboxylic acid groups (broad SMARTS) is 1. The number of aromatic nitrogens is 2. The Balaban J connectivity index is 1.71. The van der Waals surface area contributed by atoms with Gasteiger partial charge >= 0.3 is 12.1 Å². The molecule has 0 aliphatic rings. The normalized spacial score (nSPS) is 11.4. The van der Waals surface area contributed by atoms with E-state index in [9.17, 15) is 14.7 Å². The number of nitrogens with one attached hydrogen (secondary N) is 1. The quantitative estimate of drug-likeness (QED) is 0.576. The molecule has 0 aliphatic carbocycles. The molecule has 8 nitrogen and oxygen atoms in total. The number of rotatable bonds is 8. The summed E-state index contributed by atoms with van der Waals surface area (Å²) >= 11 is 0. The number of carbonyl (C=O) groups excluding carboxylic acids is 1. The van der Waals surface area contributed by atoms with Crippen molar-refractivity contribution in [1.29, 1.82) is 0 Å². The number of hydrogen-bond acceptors (Lipinski definition) is 6. The Kier molecular flexibility index (Phi) is 7.16. The number of carboxylic acids is 1. The molecule has 2 aromatic carbocycles. The molecule has 1 amide bonds. The summed E-state index contributed by atoms with van der Waals surface area (Å²) in [5.41, 5.74) is 2.67. The Hall–Kier alpha value is -3.94. The van der Waals surface area contributed by atoms with Crippen LogP contribution in [-0.4, -0.2) is 52.2 Å². The molecule has 3 aromatic rings. The molecule has 1 heterocycles. The minimum Gasteiger partial charge on any atom is -0.480 e. The van der Waals surface area contributed by atoms with Crippen molar-refractivity contribution in [2.75, 3.05) is 19.4 Å². The SMILES string of the molecule is CN(C)C(=O)Oc1ccc(C[C@H](Nc2ncncc2Cc2ccccc2)C(=O)O)cc1. The third-order valence-corrected chi connectivity index (χ3v) is 4.57. The summed E-state index contributed by atoms with van der Waals surface area (Å²) in [6.07, 6.45) is 3.42. The first-order valence-corrected chi connectivity index (χ1v) is 9.72. The average molecular weight is 420 g/mol. The van der Waals surface area contributed by atoms with Gasteiger partial charge in [0.2, 0.25) is 0 Å². The van der Waals surface area contributed by atoms with Gasteiger partial charge in [0.05, 0.1) is 0 Å². The minimum atomic E-state index is -0.993. The highest BCUT2D eigenvalue weighted by atomic mass is 16.6. The van der Waals surface area contributed by atoms with Gasteiger partial charge in [0.1, 0.15) is 23.9 Å². The van der Waals surface area contributed by atoms with Crippen LogP contribution in [0.2, 0.25) is 0 Å². The Labute approximate surface area is 180 Å². The second-order valence-electron chi connectivity index (χ2n) is 7.20. The van der Waals surface area contributed by atoms with E-state index in [0.717, 1.165) is 16.7 Å². The molecule has 1 atom stereocenters. The number of ether oxygens (including phenoxy) is 1. The van der Waals surface area contributed by atoms with Gasteiger partial charge < -0.3 is 20.1 Å². The number of aliphatic carboxylic acids is 1. The Bertz CT molecular complexity index is 1020. The number of anilines is 1. The molecule has 8 heteroatoms. The van der Waals surface area contributed by atoms with E-state index in [1.165, 1.54) is 11.2 Å². The predicted octanol–water partition coefficient (Wildman–Crippen LogP) is 3.24. The van der Waals surface area contributed by atoms with Crippen molar-refractivity contribution in [2.45, 2.75) is 18.9 Å². The van der Waals surface area contributed by atoms with Crippen LogP contribution >= 0.6 is 0 Å². The summed E-state index contributed by atoms with van der Waals surface area (Å²) in [5, 5.41) is 12.8. The van der Waals surface area contributed by atoms with Gasteiger partial charge in [0.25, 0.3) is 0 Å². The van der Waals surface area contributed by atoms with Crippen molar-refractivity contribution in [3.8, 4) is 5.75 Å². The number of carbonyl (C=O) groups is 2. The van der Waals surface area contributed by atoms with E-state index >= 15 is 0 Å². The lowest BCUT2D eigenvalue weighted by Crippen LogP contribution is -2.32. The van der Waals surface area contributed by atoms with Crippen molar-refractivity contribution >= 4 is 17.9 Å². The van der Waals surface area contributed by atoms with Crippen LogP contribution in [-0.2, 0) is 17.6 Å². The fourth-order valence-electron chi connectivity index (χ4n) is 2.92. The molecule has 0 radical (unpaired) electrons. The molecule has 0 saturated carbocycles. The lowest BCUT2D eigenvalue weighted by atomic mass is 10.0. The van der Waals surface area contributed by atoms with E-state index in [0.29, 0.717) is 18.0 Å². The predicted molar refractivity (Wildman–Crippen MR) is 116 cm³/mol. The summed E-state index contributed by atoms with van der Waals surface area (Å²) < 4.78 is 5.19. The zero-order valence-electron chi connectivity index (χ0n) is 17.4. The van der Waals surface area contributed by atoms with Gasteiger partial charge in [-0.15, -0.1) is 0 Å². The van der Waals surface area contributed by atoms with E-state index in [1.807, 2.05) is 30.3 Å². The topological polar surface area (TPSA) is 105 Å². The molecule has 1 aromatic heterocycles. The third kappa shape index (κ3) is 6.27. The third-order valence-electron chi connectivity index (χ3n) is 4.57. The van der Waals surface area contributed by atoms with Crippen LogP contribution in [0.15, 0.2) is 67.1 Å². The second-order valence-corrected chi connectivity index (χ2v) is 7.20. The van der Waals surface area contributed by atoms with Crippen LogP contribution in [0.5, 0.6) is 5.75 Å². The molecule has 2 N–H and O–H groups in total. The largest absolute Gasteiger partial charge is 0.480 e. The highest BCUT2D eigenvalue weighted by molar-refractivity contribution is 5.77.